The Morgan fingerprint density at radius 3 is 2.29 bits per heavy atom. The Kier molecular flexibility index (Phi) is 4.98. The maximum absolute atomic E-state index is 11.0. The van der Waals surface area contributed by atoms with Crippen molar-refractivity contribution in [2.45, 2.75) is 26.2 Å². The molecule has 0 radical (unpaired) electrons. The zero-order chi connectivity index (χ0) is 15.3. The second-order valence-electron chi connectivity index (χ2n) is 4.77. The molecule has 0 saturated carbocycles. The van der Waals surface area contributed by atoms with Gasteiger partial charge in [-0.1, -0.05) is 55.8 Å². The van der Waals surface area contributed by atoms with Gasteiger partial charge < -0.3 is 4.18 Å². The third kappa shape index (κ3) is 4.31. The van der Waals surface area contributed by atoms with Crippen molar-refractivity contribution in [3.05, 3.63) is 54.1 Å². The van der Waals surface area contributed by atoms with Gasteiger partial charge in [0.1, 0.15) is 0 Å². The fourth-order valence-corrected chi connectivity index (χ4v) is 2.62. The highest BCUT2D eigenvalue weighted by Gasteiger charge is 2.14. The van der Waals surface area contributed by atoms with E-state index in [1.807, 2.05) is 30.3 Å². The molecule has 0 aliphatic heterocycles. The molecule has 112 valence electrons. The molecule has 0 heterocycles. The molecule has 0 aliphatic carbocycles. The van der Waals surface area contributed by atoms with E-state index in [4.69, 9.17) is 4.55 Å². The number of aryl methyl sites for hydroxylation is 1. The quantitative estimate of drug-likeness (QED) is 0.823. The van der Waals surface area contributed by atoms with Gasteiger partial charge in [0.2, 0.25) is 0 Å². The van der Waals surface area contributed by atoms with Gasteiger partial charge in [-0.3, -0.25) is 4.55 Å². The van der Waals surface area contributed by atoms with E-state index in [0.717, 1.165) is 30.4 Å². The van der Waals surface area contributed by atoms with Crippen LogP contribution >= 0.6 is 0 Å². The van der Waals surface area contributed by atoms with Gasteiger partial charge in [-0.2, -0.15) is 8.42 Å². The van der Waals surface area contributed by atoms with Crippen molar-refractivity contribution in [1.29, 1.82) is 0 Å². The largest absolute Gasteiger partial charge is 0.446 e. The molecule has 2 aromatic carbocycles. The highest BCUT2D eigenvalue weighted by Crippen LogP contribution is 2.33. The molecule has 2 aromatic rings. The zero-order valence-electron chi connectivity index (χ0n) is 11.8. The first-order valence-electron chi connectivity index (χ1n) is 6.85. The van der Waals surface area contributed by atoms with Gasteiger partial charge in [-0.25, -0.2) is 0 Å². The first-order chi connectivity index (χ1) is 10.0. The Balaban J connectivity index is 2.47. The summed E-state index contributed by atoms with van der Waals surface area (Å²) in [6, 6.07) is 14.6. The molecular weight excluding hydrogens is 288 g/mol. The predicted molar refractivity (Wildman–Crippen MR) is 82.7 cm³/mol. The van der Waals surface area contributed by atoms with Gasteiger partial charge in [0.05, 0.1) is 0 Å². The minimum atomic E-state index is -4.54. The van der Waals surface area contributed by atoms with Crippen molar-refractivity contribution in [2.75, 3.05) is 0 Å². The highest BCUT2D eigenvalue weighted by atomic mass is 32.3. The topological polar surface area (TPSA) is 63.6 Å². The van der Waals surface area contributed by atoms with E-state index in [1.165, 1.54) is 6.07 Å². The van der Waals surface area contributed by atoms with Crippen LogP contribution in [-0.2, 0) is 16.8 Å². The molecule has 0 atom stereocenters. The minimum Gasteiger partial charge on any atom is -0.361 e. The zero-order valence-corrected chi connectivity index (χ0v) is 12.6. The van der Waals surface area contributed by atoms with Crippen LogP contribution in [-0.4, -0.2) is 13.0 Å². The number of unbranched alkanes of at least 4 members (excludes halogenated alkanes) is 1. The van der Waals surface area contributed by atoms with Crippen LogP contribution in [0.5, 0.6) is 5.75 Å². The van der Waals surface area contributed by atoms with Crippen molar-refractivity contribution in [3.8, 4) is 16.9 Å². The van der Waals surface area contributed by atoms with Gasteiger partial charge in [-0.15, -0.1) is 0 Å². The van der Waals surface area contributed by atoms with Crippen molar-refractivity contribution < 1.29 is 17.2 Å². The standard InChI is InChI=1S/C16H18O4S/c1-2-3-8-13-9-4-5-10-14(13)15-11-6-7-12-16(15)20-21(17,18)19/h4-7,9-12H,2-3,8H2,1H3,(H,17,18,19). The van der Waals surface area contributed by atoms with E-state index < -0.39 is 10.4 Å². The lowest BCUT2D eigenvalue weighted by molar-refractivity contribution is 0.387. The molecule has 0 fully saturated rings. The van der Waals surface area contributed by atoms with E-state index >= 15 is 0 Å². The summed E-state index contributed by atoms with van der Waals surface area (Å²) in [4.78, 5) is 0. The lowest BCUT2D eigenvalue weighted by Gasteiger charge is -2.13. The molecule has 0 amide bonds. The first kappa shape index (κ1) is 15.5. The summed E-state index contributed by atoms with van der Waals surface area (Å²) in [6.45, 7) is 2.12. The lowest BCUT2D eigenvalue weighted by Crippen LogP contribution is -2.07. The molecule has 0 unspecified atom stereocenters. The average Bonchev–Trinajstić information content (AvgIpc) is 2.44. The summed E-state index contributed by atoms with van der Waals surface area (Å²) in [5, 5.41) is 0. The number of rotatable bonds is 6. The Hall–Kier alpha value is -1.85. The fourth-order valence-electron chi connectivity index (χ4n) is 2.24. The van der Waals surface area contributed by atoms with Crippen LogP contribution in [0.1, 0.15) is 25.3 Å². The molecule has 0 aliphatic rings. The van der Waals surface area contributed by atoms with Crippen LogP contribution in [0.25, 0.3) is 11.1 Å². The van der Waals surface area contributed by atoms with Gasteiger partial charge in [0, 0.05) is 5.56 Å². The Bertz CT molecular complexity index is 708. The van der Waals surface area contributed by atoms with Gasteiger partial charge in [0.15, 0.2) is 5.75 Å². The first-order valence-corrected chi connectivity index (χ1v) is 8.22. The van der Waals surface area contributed by atoms with Gasteiger partial charge in [-0.05, 0) is 30.0 Å². The summed E-state index contributed by atoms with van der Waals surface area (Å²) in [6.07, 6.45) is 3.04. The second kappa shape index (κ2) is 6.74. The summed E-state index contributed by atoms with van der Waals surface area (Å²) < 4.78 is 35.5. The number of benzene rings is 2. The summed E-state index contributed by atoms with van der Waals surface area (Å²) >= 11 is 0. The Morgan fingerprint density at radius 2 is 1.62 bits per heavy atom. The molecule has 21 heavy (non-hydrogen) atoms. The van der Waals surface area contributed by atoms with Crippen molar-refractivity contribution in [3.63, 3.8) is 0 Å². The maximum Gasteiger partial charge on any atom is 0.446 e. The third-order valence-electron chi connectivity index (χ3n) is 3.19. The third-order valence-corrected chi connectivity index (χ3v) is 3.58. The summed E-state index contributed by atoms with van der Waals surface area (Å²) in [5.74, 6) is 0.129. The molecule has 0 aromatic heterocycles. The predicted octanol–water partition coefficient (Wildman–Crippen LogP) is 3.88. The monoisotopic (exact) mass is 306 g/mol. The normalized spacial score (nSPS) is 11.3. The van der Waals surface area contributed by atoms with Crippen LogP contribution in [0, 0.1) is 0 Å². The molecule has 0 bridgehead atoms. The highest BCUT2D eigenvalue weighted by molar-refractivity contribution is 7.81. The Morgan fingerprint density at radius 1 is 1.00 bits per heavy atom. The van der Waals surface area contributed by atoms with E-state index in [1.54, 1.807) is 12.1 Å². The second-order valence-corrected chi connectivity index (χ2v) is 5.79. The SMILES string of the molecule is CCCCc1ccccc1-c1ccccc1OS(=O)(=O)O. The fraction of sp³-hybridized carbons (Fsp3) is 0.250. The van der Waals surface area contributed by atoms with E-state index in [0.29, 0.717) is 5.56 Å². The molecule has 0 saturated heterocycles. The van der Waals surface area contributed by atoms with Crippen LogP contribution in [0.4, 0.5) is 0 Å². The van der Waals surface area contributed by atoms with Gasteiger partial charge in [0.25, 0.3) is 0 Å². The molecular formula is C16H18O4S. The molecule has 4 nitrogen and oxygen atoms in total. The van der Waals surface area contributed by atoms with Crippen LogP contribution in [0.3, 0.4) is 0 Å². The van der Waals surface area contributed by atoms with E-state index in [2.05, 4.69) is 11.1 Å². The molecule has 0 spiro atoms. The minimum absolute atomic E-state index is 0.129. The summed E-state index contributed by atoms with van der Waals surface area (Å²) in [5.41, 5.74) is 2.71. The average molecular weight is 306 g/mol. The number of hydrogen-bond acceptors (Lipinski definition) is 3. The lowest BCUT2D eigenvalue weighted by atomic mass is 9.96. The number of para-hydroxylation sites is 1. The smallest absolute Gasteiger partial charge is 0.361 e. The van der Waals surface area contributed by atoms with Crippen LogP contribution in [0.2, 0.25) is 0 Å². The van der Waals surface area contributed by atoms with Crippen LogP contribution in [0.15, 0.2) is 48.5 Å². The van der Waals surface area contributed by atoms with E-state index in [9.17, 15) is 8.42 Å². The number of hydrogen-bond donors (Lipinski definition) is 1. The molecule has 1 N–H and O–H groups in total. The van der Waals surface area contributed by atoms with Crippen molar-refractivity contribution in [2.24, 2.45) is 0 Å². The Labute approximate surface area is 125 Å². The molecule has 5 heteroatoms. The van der Waals surface area contributed by atoms with Gasteiger partial charge >= 0.3 is 10.4 Å². The maximum atomic E-state index is 11.0. The molecule has 2 rings (SSSR count). The van der Waals surface area contributed by atoms with Crippen molar-refractivity contribution in [1.82, 2.24) is 0 Å². The van der Waals surface area contributed by atoms with Crippen molar-refractivity contribution >= 4 is 10.4 Å². The van der Waals surface area contributed by atoms with E-state index in [-0.39, 0.29) is 5.75 Å². The summed E-state index contributed by atoms with van der Waals surface area (Å²) in [7, 11) is -4.54. The van der Waals surface area contributed by atoms with Crippen LogP contribution < -0.4 is 4.18 Å².